The van der Waals surface area contributed by atoms with E-state index in [1.165, 1.54) is 22.4 Å². The molecule has 0 radical (unpaired) electrons. The van der Waals surface area contributed by atoms with Gasteiger partial charge in [-0.2, -0.15) is 0 Å². The third-order valence-electron chi connectivity index (χ3n) is 7.22. The fourth-order valence-electron chi connectivity index (χ4n) is 5.04. The Bertz CT molecular complexity index is 1270. The minimum atomic E-state index is 0.0412. The topological polar surface area (TPSA) is 64.2 Å². The van der Waals surface area contributed by atoms with Crippen LogP contribution < -0.4 is 5.32 Å². The number of benzene rings is 3. The van der Waals surface area contributed by atoms with E-state index in [0.29, 0.717) is 0 Å². The molecule has 162 valence electrons. The minimum absolute atomic E-state index is 0.0412. The van der Waals surface area contributed by atoms with Gasteiger partial charge in [0.1, 0.15) is 5.82 Å². The number of para-hydroxylation sites is 2. The molecule has 4 aromatic rings. The maximum absolute atomic E-state index is 9.83. The number of aliphatic hydroxyl groups excluding tert-OH is 1. The normalized spacial score (nSPS) is 17.3. The highest BCUT2D eigenvalue weighted by Crippen LogP contribution is 2.44. The maximum atomic E-state index is 9.83. The van der Waals surface area contributed by atoms with E-state index in [-0.39, 0.29) is 12.1 Å². The van der Waals surface area contributed by atoms with E-state index in [1.54, 1.807) is 0 Å². The predicted molar refractivity (Wildman–Crippen MR) is 129 cm³/mol. The van der Waals surface area contributed by atoms with Crippen LogP contribution in [0.4, 0.5) is 11.4 Å². The molecule has 5 heteroatoms. The van der Waals surface area contributed by atoms with Gasteiger partial charge < -0.3 is 15.4 Å². The summed E-state index contributed by atoms with van der Waals surface area (Å²) in [6, 6.07) is 21.2. The average Bonchev–Trinajstić information content (AvgIpc) is 3.51. The lowest BCUT2D eigenvalue weighted by molar-refractivity contribution is 0.0935. The van der Waals surface area contributed by atoms with Crippen molar-refractivity contribution in [1.82, 2.24) is 14.9 Å². The number of H-pyrrole nitrogens is 1. The molecule has 1 aliphatic carbocycles. The van der Waals surface area contributed by atoms with E-state index in [1.807, 2.05) is 18.2 Å². The zero-order valence-corrected chi connectivity index (χ0v) is 18.4. The summed E-state index contributed by atoms with van der Waals surface area (Å²) in [6.07, 6.45) is 3.23. The molecule has 1 fully saturated rings. The Morgan fingerprint density at radius 1 is 1.09 bits per heavy atom. The van der Waals surface area contributed by atoms with Crippen molar-refractivity contribution in [3.63, 3.8) is 0 Å². The van der Waals surface area contributed by atoms with Crippen LogP contribution in [-0.2, 0) is 13.0 Å². The molecule has 2 aliphatic rings. The summed E-state index contributed by atoms with van der Waals surface area (Å²) in [7, 11) is 0. The second-order valence-electron chi connectivity index (χ2n) is 9.25. The van der Waals surface area contributed by atoms with Crippen molar-refractivity contribution in [2.75, 3.05) is 18.5 Å². The van der Waals surface area contributed by atoms with Gasteiger partial charge in [-0.15, -0.1) is 0 Å². The lowest BCUT2D eigenvalue weighted by Gasteiger charge is -2.35. The Kier molecular flexibility index (Phi) is 4.56. The summed E-state index contributed by atoms with van der Waals surface area (Å²) in [5.74, 6) is 0.900. The van der Waals surface area contributed by atoms with E-state index >= 15 is 0 Å². The number of hydrogen-bond donors (Lipinski definition) is 3. The first-order valence-electron chi connectivity index (χ1n) is 11.4. The van der Waals surface area contributed by atoms with E-state index in [4.69, 9.17) is 4.98 Å². The van der Waals surface area contributed by atoms with Gasteiger partial charge in [-0.3, -0.25) is 4.90 Å². The van der Waals surface area contributed by atoms with E-state index in [9.17, 15) is 5.11 Å². The van der Waals surface area contributed by atoms with Gasteiger partial charge in [0.15, 0.2) is 0 Å². The number of aliphatic hydroxyl groups is 1. The molecule has 2 heterocycles. The number of nitrogens with zero attached hydrogens (tertiary/aromatic N) is 2. The highest BCUT2D eigenvalue weighted by atomic mass is 16.3. The Morgan fingerprint density at radius 2 is 1.97 bits per heavy atom. The summed E-state index contributed by atoms with van der Waals surface area (Å²) in [5.41, 5.74) is 9.39. The van der Waals surface area contributed by atoms with Crippen LogP contribution in [0, 0.1) is 6.92 Å². The molecule has 1 aliphatic heterocycles. The number of aromatic amines is 1. The van der Waals surface area contributed by atoms with Crippen LogP contribution in [0.2, 0.25) is 0 Å². The Labute approximate surface area is 188 Å². The fourth-order valence-corrected chi connectivity index (χ4v) is 5.04. The maximum Gasteiger partial charge on any atom is 0.138 e. The molecule has 6 rings (SSSR count). The van der Waals surface area contributed by atoms with Crippen LogP contribution in [0.15, 0.2) is 60.7 Å². The first kappa shape index (κ1) is 19.5. The van der Waals surface area contributed by atoms with Crippen LogP contribution in [0.1, 0.15) is 29.5 Å². The molecule has 1 saturated carbocycles. The molecule has 0 unspecified atom stereocenters. The van der Waals surface area contributed by atoms with Crippen LogP contribution in [0.3, 0.4) is 0 Å². The van der Waals surface area contributed by atoms with E-state index in [0.717, 1.165) is 60.5 Å². The number of imidazole rings is 1. The molecule has 3 aromatic carbocycles. The summed E-state index contributed by atoms with van der Waals surface area (Å²) in [4.78, 5) is 10.7. The number of rotatable bonds is 5. The molecule has 0 saturated heterocycles. The Hall–Kier alpha value is -3.15. The SMILES string of the molecule is Cc1ccc(Nc2cccc3c2CCN(C2(CO)CC2)C3)cc1-c1nc2ccccc2[nH]1. The monoisotopic (exact) mass is 424 g/mol. The molecule has 5 nitrogen and oxygen atoms in total. The van der Waals surface area contributed by atoms with Gasteiger partial charge in [0, 0.05) is 35.6 Å². The van der Waals surface area contributed by atoms with Gasteiger partial charge in [0.2, 0.25) is 0 Å². The van der Waals surface area contributed by atoms with Gasteiger partial charge >= 0.3 is 0 Å². The quantitative estimate of drug-likeness (QED) is 0.414. The van der Waals surface area contributed by atoms with Crippen LogP contribution in [0.25, 0.3) is 22.4 Å². The molecular weight excluding hydrogens is 396 g/mol. The molecule has 3 N–H and O–H groups in total. The van der Waals surface area contributed by atoms with Crippen molar-refractivity contribution in [3.05, 3.63) is 77.4 Å². The lowest BCUT2D eigenvalue weighted by Crippen LogP contribution is -2.43. The zero-order valence-electron chi connectivity index (χ0n) is 18.4. The molecule has 0 bridgehead atoms. The Morgan fingerprint density at radius 3 is 2.78 bits per heavy atom. The highest BCUT2D eigenvalue weighted by Gasteiger charge is 2.48. The van der Waals surface area contributed by atoms with Gasteiger partial charge in [-0.05, 0) is 73.2 Å². The van der Waals surface area contributed by atoms with Crippen molar-refractivity contribution in [3.8, 4) is 11.4 Å². The minimum Gasteiger partial charge on any atom is -0.394 e. The van der Waals surface area contributed by atoms with Gasteiger partial charge in [0.25, 0.3) is 0 Å². The number of anilines is 2. The van der Waals surface area contributed by atoms with Crippen molar-refractivity contribution in [2.45, 2.75) is 38.3 Å². The smallest absolute Gasteiger partial charge is 0.138 e. The van der Waals surface area contributed by atoms with Crippen molar-refractivity contribution < 1.29 is 5.11 Å². The molecule has 0 spiro atoms. The zero-order chi connectivity index (χ0) is 21.7. The second kappa shape index (κ2) is 7.47. The summed E-state index contributed by atoms with van der Waals surface area (Å²) in [6.45, 7) is 4.32. The van der Waals surface area contributed by atoms with Crippen LogP contribution in [-0.4, -0.2) is 38.7 Å². The van der Waals surface area contributed by atoms with Crippen molar-refractivity contribution in [2.24, 2.45) is 0 Å². The predicted octanol–water partition coefficient (Wildman–Crippen LogP) is 5.16. The fraction of sp³-hybridized carbons (Fsp3) is 0.296. The molecule has 1 aromatic heterocycles. The lowest BCUT2D eigenvalue weighted by atomic mass is 9.96. The molecular formula is C27H28N4O. The second-order valence-corrected chi connectivity index (χ2v) is 9.25. The van der Waals surface area contributed by atoms with Crippen molar-refractivity contribution >= 4 is 22.4 Å². The number of fused-ring (bicyclic) bond motifs is 2. The number of nitrogens with one attached hydrogen (secondary N) is 2. The van der Waals surface area contributed by atoms with Crippen LogP contribution in [0.5, 0.6) is 0 Å². The number of aromatic nitrogens is 2. The first-order chi connectivity index (χ1) is 15.6. The standard InChI is InChI=1S/C27H28N4O/c1-18-9-10-20(15-22(18)26-29-24-6-2-3-7-25(24)30-26)28-23-8-4-5-19-16-31(14-11-21(19)23)27(17-32)12-13-27/h2-10,15,28,32H,11-14,16-17H2,1H3,(H,29,30). The third-order valence-corrected chi connectivity index (χ3v) is 7.22. The van der Waals surface area contributed by atoms with Gasteiger partial charge in [-0.25, -0.2) is 4.98 Å². The Balaban J connectivity index is 1.30. The number of hydrogen-bond acceptors (Lipinski definition) is 4. The van der Waals surface area contributed by atoms with Gasteiger partial charge in [0.05, 0.1) is 17.6 Å². The van der Waals surface area contributed by atoms with Gasteiger partial charge in [-0.1, -0.05) is 30.3 Å². The molecule has 32 heavy (non-hydrogen) atoms. The van der Waals surface area contributed by atoms with Crippen molar-refractivity contribution in [1.29, 1.82) is 0 Å². The highest BCUT2D eigenvalue weighted by molar-refractivity contribution is 5.81. The first-order valence-corrected chi connectivity index (χ1v) is 11.4. The number of aryl methyl sites for hydroxylation is 1. The average molecular weight is 425 g/mol. The summed E-state index contributed by atoms with van der Waals surface area (Å²) >= 11 is 0. The van der Waals surface area contributed by atoms with E-state index in [2.05, 4.69) is 64.6 Å². The summed E-state index contributed by atoms with van der Waals surface area (Å²) < 4.78 is 0. The largest absolute Gasteiger partial charge is 0.394 e. The van der Waals surface area contributed by atoms with E-state index < -0.39 is 0 Å². The third kappa shape index (κ3) is 3.29. The van der Waals surface area contributed by atoms with Crippen LogP contribution >= 0.6 is 0 Å². The molecule has 0 amide bonds. The summed E-state index contributed by atoms with van der Waals surface area (Å²) in [5, 5.41) is 13.5. The molecule has 0 atom stereocenters.